The predicted octanol–water partition coefficient (Wildman–Crippen LogP) is 2.53. The van der Waals surface area contributed by atoms with Crippen LogP contribution in [0.4, 0.5) is 0 Å². The van der Waals surface area contributed by atoms with Crippen LogP contribution in [0.15, 0.2) is 46.3 Å². The SMILES string of the molecule is O=C(NCC(=O)N1CCN(Cc2nc(-c3cccs3)no2)CC1)c1cccc(Cl)c1. The number of nitrogens with one attached hydrogen (secondary N) is 1. The molecule has 3 heterocycles. The molecule has 0 radical (unpaired) electrons. The van der Waals surface area contributed by atoms with Gasteiger partial charge in [-0.05, 0) is 29.6 Å². The van der Waals surface area contributed by atoms with Gasteiger partial charge >= 0.3 is 0 Å². The first-order chi connectivity index (χ1) is 14.6. The minimum absolute atomic E-state index is 0.0425. The van der Waals surface area contributed by atoms with Gasteiger partial charge in [-0.25, -0.2) is 0 Å². The first-order valence-electron chi connectivity index (χ1n) is 9.49. The lowest BCUT2D eigenvalue weighted by atomic mass is 10.2. The van der Waals surface area contributed by atoms with Crippen molar-refractivity contribution in [2.75, 3.05) is 32.7 Å². The van der Waals surface area contributed by atoms with Crippen molar-refractivity contribution in [3.05, 3.63) is 58.3 Å². The molecule has 0 atom stereocenters. The summed E-state index contributed by atoms with van der Waals surface area (Å²) in [7, 11) is 0. The van der Waals surface area contributed by atoms with Crippen molar-refractivity contribution in [1.82, 2.24) is 25.3 Å². The van der Waals surface area contributed by atoms with E-state index >= 15 is 0 Å². The molecule has 1 aliphatic rings. The Morgan fingerprint density at radius 3 is 2.73 bits per heavy atom. The van der Waals surface area contributed by atoms with Crippen molar-refractivity contribution in [1.29, 1.82) is 0 Å². The molecule has 0 bridgehead atoms. The zero-order valence-corrected chi connectivity index (χ0v) is 17.7. The molecule has 1 fully saturated rings. The standard InChI is InChI=1S/C20H20ClN5O3S/c21-15-4-1-3-14(11-15)20(28)22-12-18(27)26-8-6-25(7-9-26)13-17-23-19(24-29-17)16-5-2-10-30-16/h1-5,10-11H,6-9,12-13H2,(H,22,28). The third-order valence-corrected chi connectivity index (χ3v) is 5.88. The number of amides is 2. The Morgan fingerprint density at radius 1 is 1.17 bits per heavy atom. The summed E-state index contributed by atoms with van der Waals surface area (Å²) >= 11 is 7.46. The van der Waals surface area contributed by atoms with Crippen molar-refractivity contribution in [3.63, 3.8) is 0 Å². The van der Waals surface area contributed by atoms with Crippen LogP contribution in [0.5, 0.6) is 0 Å². The molecule has 0 aliphatic carbocycles. The van der Waals surface area contributed by atoms with E-state index in [1.807, 2.05) is 17.5 Å². The topological polar surface area (TPSA) is 91.6 Å². The quantitative estimate of drug-likeness (QED) is 0.626. The van der Waals surface area contributed by atoms with Crippen LogP contribution >= 0.6 is 22.9 Å². The molecular formula is C20H20ClN5O3S. The van der Waals surface area contributed by atoms with Crippen LogP contribution in [0.1, 0.15) is 16.2 Å². The predicted molar refractivity (Wildman–Crippen MR) is 113 cm³/mol. The molecule has 0 spiro atoms. The number of thiophene rings is 1. The number of piperazine rings is 1. The van der Waals surface area contributed by atoms with Gasteiger partial charge in [0.05, 0.1) is 18.0 Å². The van der Waals surface area contributed by atoms with Crippen molar-refractivity contribution >= 4 is 34.8 Å². The van der Waals surface area contributed by atoms with Crippen LogP contribution in [-0.4, -0.2) is 64.5 Å². The van der Waals surface area contributed by atoms with Crippen LogP contribution in [0.25, 0.3) is 10.7 Å². The zero-order chi connectivity index (χ0) is 20.9. The number of benzene rings is 1. The molecule has 10 heteroatoms. The normalized spacial score (nSPS) is 14.6. The molecule has 2 aromatic heterocycles. The van der Waals surface area contributed by atoms with E-state index in [4.69, 9.17) is 16.1 Å². The Bertz CT molecular complexity index is 1020. The van der Waals surface area contributed by atoms with E-state index in [1.165, 1.54) is 0 Å². The summed E-state index contributed by atoms with van der Waals surface area (Å²) in [5, 5.41) is 9.13. The van der Waals surface area contributed by atoms with Crippen molar-refractivity contribution in [2.45, 2.75) is 6.54 Å². The summed E-state index contributed by atoms with van der Waals surface area (Å²) in [6, 6.07) is 10.5. The van der Waals surface area contributed by atoms with Gasteiger partial charge in [-0.1, -0.05) is 28.9 Å². The lowest BCUT2D eigenvalue weighted by molar-refractivity contribution is -0.131. The highest BCUT2D eigenvalue weighted by Crippen LogP contribution is 2.21. The van der Waals surface area contributed by atoms with E-state index in [0.29, 0.717) is 55.0 Å². The molecule has 1 N–H and O–H groups in total. The highest BCUT2D eigenvalue weighted by Gasteiger charge is 2.23. The molecule has 1 aliphatic heterocycles. The second kappa shape index (κ2) is 9.38. The number of hydrogen-bond donors (Lipinski definition) is 1. The number of carbonyl (C=O) groups is 2. The second-order valence-electron chi connectivity index (χ2n) is 6.84. The lowest BCUT2D eigenvalue weighted by Gasteiger charge is -2.34. The van der Waals surface area contributed by atoms with Gasteiger partial charge in [0.15, 0.2) is 0 Å². The molecule has 156 valence electrons. The molecule has 1 saturated heterocycles. The van der Waals surface area contributed by atoms with E-state index < -0.39 is 0 Å². The van der Waals surface area contributed by atoms with E-state index in [2.05, 4.69) is 20.4 Å². The fourth-order valence-corrected chi connectivity index (χ4v) is 4.01. The summed E-state index contributed by atoms with van der Waals surface area (Å²) in [4.78, 5) is 33.9. The Morgan fingerprint density at radius 2 is 2.00 bits per heavy atom. The first-order valence-corrected chi connectivity index (χ1v) is 10.7. The summed E-state index contributed by atoms with van der Waals surface area (Å²) in [6.07, 6.45) is 0. The summed E-state index contributed by atoms with van der Waals surface area (Å²) in [5.74, 6) is 0.737. The van der Waals surface area contributed by atoms with E-state index in [1.54, 1.807) is 40.5 Å². The maximum atomic E-state index is 12.4. The second-order valence-corrected chi connectivity index (χ2v) is 8.22. The summed E-state index contributed by atoms with van der Waals surface area (Å²) < 4.78 is 5.35. The molecular weight excluding hydrogens is 426 g/mol. The third kappa shape index (κ3) is 5.05. The Labute approximate surface area is 182 Å². The van der Waals surface area contributed by atoms with Crippen LogP contribution in [0.2, 0.25) is 5.02 Å². The van der Waals surface area contributed by atoms with Gasteiger partial charge in [-0.15, -0.1) is 11.3 Å². The number of aromatic nitrogens is 2. The number of halogens is 1. The fourth-order valence-electron chi connectivity index (χ4n) is 3.17. The maximum Gasteiger partial charge on any atom is 0.251 e. The molecule has 2 amide bonds. The van der Waals surface area contributed by atoms with E-state index in [-0.39, 0.29) is 18.4 Å². The largest absolute Gasteiger partial charge is 0.343 e. The van der Waals surface area contributed by atoms with Crippen LogP contribution in [0.3, 0.4) is 0 Å². The molecule has 1 aromatic carbocycles. The Hall–Kier alpha value is -2.75. The Kier molecular flexibility index (Phi) is 6.41. The highest BCUT2D eigenvalue weighted by atomic mass is 35.5. The average molecular weight is 446 g/mol. The highest BCUT2D eigenvalue weighted by molar-refractivity contribution is 7.13. The van der Waals surface area contributed by atoms with Gasteiger partial charge in [-0.2, -0.15) is 4.98 Å². The summed E-state index contributed by atoms with van der Waals surface area (Å²) in [6.45, 7) is 3.07. The fraction of sp³-hybridized carbons (Fsp3) is 0.300. The zero-order valence-electron chi connectivity index (χ0n) is 16.1. The van der Waals surface area contributed by atoms with Gasteiger partial charge < -0.3 is 14.7 Å². The van der Waals surface area contributed by atoms with Gasteiger partial charge in [0.1, 0.15) is 0 Å². The van der Waals surface area contributed by atoms with Crippen LogP contribution in [0, 0.1) is 0 Å². The number of carbonyl (C=O) groups excluding carboxylic acids is 2. The molecule has 0 unspecified atom stereocenters. The lowest BCUT2D eigenvalue weighted by Crippen LogP contribution is -2.50. The summed E-state index contributed by atoms with van der Waals surface area (Å²) in [5.41, 5.74) is 0.432. The number of nitrogens with zero attached hydrogens (tertiary/aromatic N) is 4. The van der Waals surface area contributed by atoms with Gasteiger partial charge in [0.2, 0.25) is 17.6 Å². The molecule has 3 aromatic rings. The molecule has 8 nitrogen and oxygen atoms in total. The Balaban J connectivity index is 1.22. The van der Waals surface area contributed by atoms with Gasteiger partial charge in [0.25, 0.3) is 5.91 Å². The maximum absolute atomic E-state index is 12.4. The smallest absolute Gasteiger partial charge is 0.251 e. The molecule has 0 saturated carbocycles. The van der Waals surface area contributed by atoms with Gasteiger partial charge in [-0.3, -0.25) is 14.5 Å². The first kappa shape index (κ1) is 20.5. The average Bonchev–Trinajstić information content (AvgIpc) is 3.44. The monoisotopic (exact) mass is 445 g/mol. The van der Waals surface area contributed by atoms with Gasteiger partial charge in [0, 0.05) is 36.8 Å². The minimum Gasteiger partial charge on any atom is -0.343 e. The van der Waals surface area contributed by atoms with Crippen LogP contribution < -0.4 is 5.32 Å². The van der Waals surface area contributed by atoms with Crippen LogP contribution in [-0.2, 0) is 11.3 Å². The van der Waals surface area contributed by atoms with Crippen molar-refractivity contribution in [2.24, 2.45) is 0 Å². The number of rotatable bonds is 6. The number of hydrogen-bond acceptors (Lipinski definition) is 7. The van der Waals surface area contributed by atoms with E-state index in [9.17, 15) is 9.59 Å². The van der Waals surface area contributed by atoms with Crippen molar-refractivity contribution < 1.29 is 14.1 Å². The molecule has 30 heavy (non-hydrogen) atoms. The van der Waals surface area contributed by atoms with E-state index in [0.717, 1.165) is 4.88 Å². The van der Waals surface area contributed by atoms with Crippen molar-refractivity contribution in [3.8, 4) is 10.7 Å². The molecule has 4 rings (SSSR count). The third-order valence-electron chi connectivity index (χ3n) is 4.78. The minimum atomic E-state index is -0.317.